The highest BCUT2D eigenvalue weighted by molar-refractivity contribution is 5.97. The van der Waals surface area contributed by atoms with E-state index in [1.807, 2.05) is 81.2 Å². The summed E-state index contributed by atoms with van der Waals surface area (Å²) >= 11 is 0. The zero-order chi connectivity index (χ0) is 84.3. The third-order valence-electron chi connectivity index (χ3n) is 27.5. The maximum atomic E-state index is 13.0. The maximum Gasteiger partial charge on any atom is 0.255 e. The Morgan fingerprint density at radius 3 is 1.10 bits per heavy atom. The van der Waals surface area contributed by atoms with Crippen LogP contribution in [-0.4, -0.2) is 145 Å². The predicted molar refractivity (Wildman–Crippen MR) is 460 cm³/mol. The summed E-state index contributed by atoms with van der Waals surface area (Å²) in [5.41, 5.74) is 17.4. The van der Waals surface area contributed by atoms with Crippen LogP contribution in [0.25, 0.3) is 0 Å². The van der Waals surface area contributed by atoms with E-state index >= 15 is 0 Å². The quantitative estimate of drug-likeness (QED) is 0.151. The van der Waals surface area contributed by atoms with Gasteiger partial charge in [-0.1, -0.05) is 152 Å². The third-order valence-corrected chi connectivity index (χ3v) is 27.5. The fourth-order valence-electron chi connectivity index (χ4n) is 20.2. The number of hydrogen-bond acceptors (Lipinski definition) is 15. The average molecular weight is 1650 g/mol. The molecule has 5 spiro atoms. The molecule has 20 nitrogen and oxygen atoms in total. The predicted octanol–water partition coefficient (Wildman–Crippen LogP) is 16.3. The molecule has 12 heterocycles. The molecule has 5 saturated heterocycles. The van der Waals surface area contributed by atoms with Gasteiger partial charge in [-0.3, -0.25) is 24.0 Å². The monoisotopic (exact) mass is 1650 g/mol. The van der Waals surface area contributed by atoms with Crippen molar-refractivity contribution in [3.63, 3.8) is 0 Å². The van der Waals surface area contributed by atoms with Crippen LogP contribution >= 0.6 is 0 Å². The van der Waals surface area contributed by atoms with Crippen molar-refractivity contribution in [3.8, 4) is 17.9 Å². The van der Waals surface area contributed by atoms with Gasteiger partial charge in [0.1, 0.15) is 29.9 Å². The number of aromatic nitrogens is 1. The fourth-order valence-corrected chi connectivity index (χ4v) is 20.2. The molecule has 0 N–H and O–H groups in total. The summed E-state index contributed by atoms with van der Waals surface area (Å²) in [5.74, 6) is 1.47. The fraction of sp³-hybridized carbons (Fsp3) is 0.353. The largest absolute Gasteiger partial charge is 0.490 e. The van der Waals surface area contributed by atoms with Crippen molar-refractivity contribution in [2.75, 3.05) is 90.5 Å². The van der Waals surface area contributed by atoms with Gasteiger partial charge in [0.2, 0.25) is 5.91 Å². The smallest absolute Gasteiger partial charge is 0.255 e. The van der Waals surface area contributed by atoms with Crippen LogP contribution < -0.4 is 9.64 Å². The molecule has 22 rings (SSSR count). The molecule has 0 radical (unpaired) electrons. The number of benzene rings is 9. The van der Waals surface area contributed by atoms with Crippen molar-refractivity contribution in [1.82, 2.24) is 29.5 Å². The van der Waals surface area contributed by atoms with E-state index < -0.39 is 0 Å². The van der Waals surface area contributed by atoms with E-state index in [1.54, 1.807) is 48.5 Å². The van der Waals surface area contributed by atoms with Crippen LogP contribution in [0.4, 0.5) is 10.1 Å². The molecule has 9 aromatic carbocycles. The van der Waals surface area contributed by atoms with E-state index in [-0.39, 0.29) is 63.4 Å². The van der Waals surface area contributed by atoms with Gasteiger partial charge in [-0.25, -0.2) is 9.37 Å². The summed E-state index contributed by atoms with van der Waals surface area (Å²) in [7, 11) is 2.05. The van der Waals surface area contributed by atoms with Crippen molar-refractivity contribution >= 4 is 35.2 Å². The molecule has 5 amide bonds. The number of likely N-dealkylation sites (tertiary alicyclic amines) is 5. The van der Waals surface area contributed by atoms with Gasteiger partial charge in [0.05, 0.1) is 90.5 Å². The highest BCUT2D eigenvalue weighted by atomic mass is 19.1. The molecule has 1 saturated carbocycles. The number of hydrogen-bond donors (Lipinski definition) is 0. The van der Waals surface area contributed by atoms with Crippen LogP contribution in [0, 0.1) is 34.4 Å². The number of piperidine rings is 5. The molecule has 10 aromatic rings. The Bertz CT molecular complexity index is 5520. The maximum absolute atomic E-state index is 13.0. The normalized spacial score (nSPS) is 20.5. The number of pyridine rings is 1. The number of ether oxygens (including phenoxy) is 6. The molecule has 0 bridgehead atoms. The summed E-state index contributed by atoms with van der Waals surface area (Å²) in [6, 6.07) is 78.2. The van der Waals surface area contributed by atoms with Gasteiger partial charge in [0.25, 0.3) is 23.6 Å². The Kier molecular flexibility index (Phi) is 23.2. The van der Waals surface area contributed by atoms with Crippen LogP contribution in [0.3, 0.4) is 0 Å². The van der Waals surface area contributed by atoms with E-state index in [9.17, 15) is 28.4 Å². The Hall–Kier alpha value is -12.2. The lowest BCUT2D eigenvalue weighted by atomic mass is 9.83. The lowest BCUT2D eigenvalue weighted by molar-refractivity contribution is -0.139. The minimum atomic E-state index is -0.324. The zero-order valence-corrected chi connectivity index (χ0v) is 69.4. The second-order valence-corrected chi connectivity index (χ2v) is 34.2. The van der Waals surface area contributed by atoms with Gasteiger partial charge in [0, 0.05) is 101 Å². The van der Waals surface area contributed by atoms with E-state index in [0.29, 0.717) is 137 Å². The van der Waals surface area contributed by atoms with Crippen LogP contribution in [0.5, 0.6) is 5.75 Å². The van der Waals surface area contributed by atoms with Crippen LogP contribution in [-0.2, 0) is 89.5 Å². The lowest BCUT2D eigenvalue weighted by Crippen LogP contribution is -2.45. The van der Waals surface area contributed by atoms with E-state index in [1.165, 1.54) is 79.5 Å². The highest BCUT2D eigenvalue weighted by Crippen LogP contribution is 2.52. The van der Waals surface area contributed by atoms with Gasteiger partial charge in [-0.05, 0) is 217 Å². The molecule has 123 heavy (non-hydrogen) atoms. The number of nitrogens with zero attached hydrogens (tertiary/aromatic N) is 9. The molecule has 12 aliphatic rings. The summed E-state index contributed by atoms with van der Waals surface area (Å²) in [6.45, 7) is 12.0. The Labute approximate surface area is 717 Å². The Morgan fingerprint density at radius 2 is 0.724 bits per heavy atom. The molecular formula is C102H100FN9O11. The molecule has 1 aromatic heterocycles. The molecular weight excluding hydrogens is 1550 g/mol. The van der Waals surface area contributed by atoms with E-state index in [2.05, 4.69) is 142 Å². The molecule has 2 atom stereocenters. The number of rotatable bonds is 6. The first-order valence-corrected chi connectivity index (χ1v) is 43.3. The molecule has 6 fully saturated rings. The lowest BCUT2D eigenvalue weighted by Gasteiger charge is -2.39. The number of likely N-dealkylation sites (N-methyl/N-ethyl adjacent to an activating group) is 1. The minimum Gasteiger partial charge on any atom is -0.490 e. The molecule has 1 aliphatic carbocycles. The number of anilines is 1. The second kappa shape index (κ2) is 35.0. The first-order chi connectivity index (χ1) is 60.0. The van der Waals surface area contributed by atoms with Crippen LogP contribution in [0.2, 0.25) is 0 Å². The highest BCUT2D eigenvalue weighted by Gasteiger charge is 2.51. The van der Waals surface area contributed by atoms with Crippen LogP contribution in [0.15, 0.2) is 237 Å². The van der Waals surface area contributed by atoms with Gasteiger partial charge >= 0.3 is 0 Å². The Morgan fingerprint density at radius 1 is 0.382 bits per heavy atom. The van der Waals surface area contributed by atoms with Gasteiger partial charge in [0.15, 0.2) is 0 Å². The first kappa shape index (κ1) is 81.8. The van der Waals surface area contributed by atoms with Crippen LogP contribution in [0.1, 0.15) is 190 Å². The van der Waals surface area contributed by atoms with Crippen molar-refractivity contribution in [1.29, 1.82) is 10.5 Å². The molecule has 11 aliphatic heterocycles. The SMILES string of the molecule is CN1CCOc2cc(C(=O)N3CCC4(CC3)OCc3ccccc34)ccc21.N#Cc1ccc(C(=O)N2CCC3(CC2)OCc2ccccc23)cc1.N#Cc1ccc(C(=O)N2CCC3(CC2)OCc2ccccc23)cn1.O=C(C1C[C@@H]1c1ccccc1)N1CCC2(CC1)OCc1ccccc12.O=C(c1ccc(F)cc1)N1CCC2(CC1)OCc1ccccc12. The van der Waals surface area contributed by atoms with E-state index in [4.69, 9.17) is 38.9 Å². The van der Waals surface area contributed by atoms with Gasteiger partial charge in [-0.2, -0.15) is 10.5 Å². The summed E-state index contributed by atoms with van der Waals surface area (Å²) in [5, 5.41) is 17.6. The number of carbonyl (C=O) groups is 5. The number of fused-ring (bicyclic) bond motifs is 11. The summed E-state index contributed by atoms with van der Waals surface area (Å²) in [6.07, 6.45) is 10.9. The number of halogens is 1. The minimum absolute atomic E-state index is 0.0284. The van der Waals surface area contributed by atoms with E-state index in [0.717, 1.165) is 102 Å². The summed E-state index contributed by atoms with van der Waals surface area (Å²) in [4.78, 5) is 79.4. The second-order valence-electron chi connectivity index (χ2n) is 34.2. The summed E-state index contributed by atoms with van der Waals surface area (Å²) < 4.78 is 49.5. The number of amides is 5. The number of carbonyl (C=O) groups excluding carboxylic acids is 5. The molecule has 1 unspecified atom stereocenters. The third kappa shape index (κ3) is 16.5. The van der Waals surface area contributed by atoms with Crippen molar-refractivity contribution in [3.05, 3.63) is 337 Å². The van der Waals surface area contributed by atoms with Crippen molar-refractivity contribution < 1.29 is 56.8 Å². The van der Waals surface area contributed by atoms with Crippen molar-refractivity contribution in [2.45, 2.75) is 138 Å². The zero-order valence-electron chi connectivity index (χ0n) is 69.4. The first-order valence-electron chi connectivity index (χ1n) is 43.3. The molecule has 21 heteroatoms. The average Bonchev–Trinajstić information content (AvgIpc) is 1.56. The number of nitriles is 2. The van der Waals surface area contributed by atoms with Crippen molar-refractivity contribution in [2.24, 2.45) is 5.92 Å². The topological polar surface area (TPSA) is 221 Å². The molecule has 626 valence electrons. The van der Waals surface area contributed by atoms with Gasteiger partial charge in [-0.15, -0.1) is 0 Å². The Balaban J connectivity index is 0.000000105. The van der Waals surface area contributed by atoms with Gasteiger partial charge < -0.3 is 57.8 Å². The standard InChI is InChI=1S/C22H24N2O3.C22H23NO2.C20H18N2O2.C19H18FNO2.C19H17N3O2/c1-23-12-13-26-20-14-16(6-7-19(20)23)21(25)24-10-8-22(9-11-24)18-5-3-2-4-17(18)15-27-22;24-21(19-14-18(19)16-6-2-1-3-7-16)23-12-10-22(11-13-23)20-9-5-4-8-17(20)15-25-22;21-13-15-5-7-16(8-6-15)19(23)22-11-9-20(10-12-22)18-4-2-1-3-17(18)14-24-20;20-16-7-5-14(6-8-16)18(22)21-11-9-19(10-12-21)17-4-2-1-3-15(17)13-23-19;20-11-16-6-5-14(12-21-16)18(23)22-9-7-19(8-10-22)17-4-2-1-3-15(17)13-24-19/h2-7,14H,8-13,15H2,1H3;1-9,18-19H,10-15H2;1-8H,9-12,14H2;1-8H,9-13H2;1-6,12H,7-10,13H2/t;18-,19?;;;/m.1.../s1.